The predicted octanol–water partition coefficient (Wildman–Crippen LogP) is 3.95. The zero-order valence-corrected chi connectivity index (χ0v) is 16.5. The highest BCUT2D eigenvalue weighted by atomic mass is 35.5. The maximum atomic E-state index is 12.4. The fraction of sp³-hybridized carbons (Fsp3) is 0.286. The second-order valence-electron chi connectivity index (χ2n) is 6.85. The van der Waals surface area contributed by atoms with Crippen LogP contribution in [0.3, 0.4) is 0 Å². The van der Waals surface area contributed by atoms with Crippen LogP contribution in [0.15, 0.2) is 47.5 Å². The Kier molecular flexibility index (Phi) is 6.72. The van der Waals surface area contributed by atoms with Crippen LogP contribution in [0.4, 0.5) is 5.69 Å². The third-order valence-electron chi connectivity index (χ3n) is 4.57. The molecule has 0 spiro atoms. The molecule has 0 amide bonds. The summed E-state index contributed by atoms with van der Waals surface area (Å²) in [6.07, 6.45) is 4.86. The van der Waals surface area contributed by atoms with Crippen LogP contribution in [0, 0.1) is 5.92 Å². The first kappa shape index (κ1) is 20.7. The van der Waals surface area contributed by atoms with E-state index in [0.717, 1.165) is 32.1 Å². The van der Waals surface area contributed by atoms with E-state index < -0.39 is 5.97 Å². The number of hydrogen-bond acceptors (Lipinski definition) is 5. The fourth-order valence-electron chi connectivity index (χ4n) is 3.18. The average molecular weight is 416 g/mol. The van der Waals surface area contributed by atoms with Crippen molar-refractivity contribution in [2.45, 2.75) is 32.1 Å². The Hall–Kier alpha value is -3.06. The third-order valence-corrected chi connectivity index (χ3v) is 4.79. The van der Waals surface area contributed by atoms with E-state index in [1.807, 2.05) is 0 Å². The molecule has 1 saturated carbocycles. The number of nitrogens with two attached hydrogens (primary N) is 2. The molecule has 1 aliphatic rings. The molecule has 4 N–H and O–H groups in total. The number of nitrogens with zero attached hydrogens (tertiary/aromatic N) is 1. The highest BCUT2D eigenvalue weighted by molar-refractivity contribution is 6.30. The summed E-state index contributed by atoms with van der Waals surface area (Å²) in [5.41, 5.74) is 11.5. The Morgan fingerprint density at radius 3 is 2.17 bits per heavy atom. The van der Waals surface area contributed by atoms with E-state index in [2.05, 4.69) is 4.99 Å². The van der Waals surface area contributed by atoms with Crippen molar-refractivity contribution in [3.8, 4) is 11.5 Å². The van der Waals surface area contributed by atoms with Crippen LogP contribution < -0.4 is 20.9 Å². The molecule has 8 heteroatoms. The van der Waals surface area contributed by atoms with Crippen LogP contribution in [0.1, 0.15) is 42.5 Å². The molecule has 29 heavy (non-hydrogen) atoms. The molecule has 0 aromatic heterocycles. The molecule has 0 aliphatic heterocycles. The molecule has 2 aromatic carbocycles. The van der Waals surface area contributed by atoms with Gasteiger partial charge in [-0.05, 0) is 49.2 Å². The zero-order valence-electron chi connectivity index (χ0n) is 15.8. The number of guanidine groups is 1. The molecule has 0 bridgehead atoms. The molecule has 2 aromatic rings. The molecule has 0 heterocycles. The monoisotopic (exact) mass is 415 g/mol. The average Bonchev–Trinajstić information content (AvgIpc) is 2.68. The lowest BCUT2D eigenvalue weighted by molar-refractivity contribution is -0.139. The second kappa shape index (κ2) is 9.43. The number of hydrogen-bond donors (Lipinski definition) is 2. The van der Waals surface area contributed by atoms with Gasteiger partial charge in [-0.15, -0.1) is 0 Å². The molecule has 0 saturated heterocycles. The summed E-state index contributed by atoms with van der Waals surface area (Å²) in [5, 5.41) is 0.296. The van der Waals surface area contributed by atoms with Crippen molar-refractivity contribution >= 4 is 35.2 Å². The van der Waals surface area contributed by atoms with Crippen LogP contribution in [-0.4, -0.2) is 17.9 Å². The van der Waals surface area contributed by atoms with Crippen LogP contribution in [0.25, 0.3) is 0 Å². The molecule has 0 atom stereocenters. The first-order valence-electron chi connectivity index (χ1n) is 9.35. The van der Waals surface area contributed by atoms with Gasteiger partial charge in [-0.25, -0.2) is 9.79 Å². The summed E-state index contributed by atoms with van der Waals surface area (Å²) in [4.78, 5) is 28.6. The van der Waals surface area contributed by atoms with E-state index in [1.54, 1.807) is 24.3 Å². The van der Waals surface area contributed by atoms with Crippen molar-refractivity contribution < 1.29 is 19.1 Å². The van der Waals surface area contributed by atoms with Gasteiger partial charge in [-0.1, -0.05) is 30.9 Å². The fourth-order valence-corrected chi connectivity index (χ4v) is 3.39. The van der Waals surface area contributed by atoms with Crippen LogP contribution >= 0.6 is 11.6 Å². The molecular formula is C21H22ClN3O4. The molecule has 0 unspecified atom stereocenters. The first-order valence-corrected chi connectivity index (χ1v) is 9.72. The summed E-state index contributed by atoms with van der Waals surface area (Å²) in [5.74, 6) is -0.610. The van der Waals surface area contributed by atoms with Crippen molar-refractivity contribution in [2.75, 3.05) is 0 Å². The smallest absolute Gasteiger partial charge is 0.343 e. The Balaban J connectivity index is 1.68. The van der Waals surface area contributed by atoms with E-state index in [-0.39, 0.29) is 29.3 Å². The van der Waals surface area contributed by atoms with Crippen molar-refractivity contribution in [1.82, 2.24) is 0 Å². The number of benzene rings is 2. The lowest BCUT2D eigenvalue weighted by Gasteiger charge is -2.20. The van der Waals surface area contributed by atoms with Crippen molar-refractivity contribution in [2.24, 2.45) is 22.4 Å². The Labute approximate surface area is 173 Å². The molecule has 0 radical (unpaired) electrons. The van der Waals surface area contributed by atoms with Crippen molar-refractivity contribution in [3.63, 3.8) is 0 Å². The van der Waals surface area contributed by atoms with E-state index in [1.165, 1.54) is 18.2 Å². The zero-order chi connectivity index (χ0) is 20.8. The summed E-state index contributed by atoms with van der Waals surface area (Å²) in [6, 6.07) is 10.7. The predicted molar refractivity (Wildman–Crippen MR) is 111 cm³/mol. The van der Waals surface area contributed by atoms with E-state index in [9.17, 15) is 9.59 Å². The normalized spacial score (nSPS) is 14.1. The lowest BCUT2D eigenvalue weighted by Crippen LogP contribution is -2.22. The van der Waals surface area contributed by atoms with E-state index >= 15 is 0 Å². The molecular weight excluding hydrogens is 394 g/mol. The van der Waals surface area contributed by atoms with Gasteiger partial charge in [-0.2, -0.15) is 0 Å². The van der Waals surface area contributed by atoms with E-state index in [0.29, 0.717) is 16.3 Å². The standard InChI is InChI=1S/C21H22ClN3O4/c22-15-10-17(28-19(26)13-4-2-1-3-5-13)12-18(11-15)29-20(27)14-6-8-16(9-7-14)25-21(23)24/h6-13H,1-5H2,(H4,23,24,25). The minimum absolute atomic E-state index is 0.0745. The topological polar surface area (TPSA) is 117 Å². The highest BCUT2D eigenvalue weighted by Crippen LogP contribution is 2.30. The minimum atomic E-state index is -0.590. The number of esters is 2. The summed E-state index contributed by atoms with van der Waals surface area (Å²) < 4.78 is 10.8. The van der Waals surface area contributed by atoms with Crippen LogP contribution in [0.2, 0.25) is 5.02 Å². The van der Waals surface area contributed by atoms with Gasteiger partial charge in [0.05, 0.1) is 17.2 Å². The van der Waals surface area contributed by atoms with E-state index in [4.69, 9.17) is 32.5 Å². The number of halogens is 1. The van der Waals surface area contributed by atoms with Crippen molar-refractivity contribution in [3.05, 3.63) is 53.1 Å². The molecule has 7 nitrogen and oxygen atoms in total. The van der Waals surface area contributed by atoms with Gasteiger partial charge >= 0.3 is 11.9 Å². The Morgan fingerprint density at radius 1 is 0.931 bits per heavy atom. The maximum Gasteiger partial charge on any atom is 0.343 e. The minimum Gasteiger partial charge on any atom is -0.426 e. The summed E-state index contributed by atoms with van der Waals surface area (Å²) in [7, 11) is 0. The van der Waals surface area contributed by atoms with Gasteiger partial charge in [0.25, 0.3) is 0 Å². The number of ether oxygens (including phenoxy) is 2. The number of carbonyl (C=O) groups is 2. The van der Waals surface area contributed by atoms with Gasteiger partial charge < -0.3 is 20.9 Å². The number of aliphatic imine (C=N–C) groups is 1. The third kappa shape index (κ3) is 5.96. The first-order chi connectivity index (χ1) is 13.9. The largest absolute Gasteiger partial charge is 0.426 e. The SMILES string of the molecule is NC(N)=Nc1ccc(C(=O)Oc2cc(Cl)cc(OC(=O)C3CCCCC3)c2)cc1. The molecule has 1 aliphatic carbocycles. The molecule has 152 valence electrons. The second-order valence-corrected chi connectivity index (χ2v) is 7.29. The van der Waals surface area contributed by atoms with Gasteiger partial charge in [0.15, 0.2) is 5.96 Å². The summed E-state index contributed by atoms with van der Waals surface area (Å²) in [6.45, 7) is 0. The van der Waals surface area contributed by atoms with Gasteiger partial charge in [-0.3, -0.25) is 4.79 Å². The molecule has 1 fully saturated rings. The van der Waals surface area contributed by atoms with Gasteiger partial charge in [0.2, 0.25) is 0 Å². The quantitative estimate of drug-likeness (QED) is 0.330. The maximum absolute atomic E-state index is 12.4. The van der Waals surface area contributed by atoms with Gasteiger partial charge in [0.1, 0.15) is 11.5 Å². The Bertz CT molecular complexity index is 918. The van der Waals surface area contributed by atoms with Crippen LogP contribution in [0.5, 0.6) is 11.5 Å². The summed E-state index contributed by atoms with van der Waals surface area (Å²) >= 11 is 6.10. The highest BCUT2D eigenvalue weighted by Gasteiger charge is 2.23. The number of rotatable bonds is 5. The van der Waals surface area contributed by atoms with Crippen molar-refractivity contribution in [1.29, 1.82) is 0 Å². The van der Waals surface area contributed by atoms with Crippen LogP contribution in [-0.2, 0) is 4.79 Å². The lowest BCUT2D eigenvalue weighted by atomic mass is 9.89. The number of carbonyl (C=O) groups excluding carboxylic acids is 2. The Morgan fingerprint density at radius 2 is 1.55 bits per heavy atom. The molecule has 3 rings (SSSR count). The van der Waals surface area contributed by atoms with Gasteiger partial charge in [0, 0.05) is 11.1 Å².